The zero-order valence-electron chi connectivity index (χ0n) is 9.93. The Morgan fingerprint density at radius 2 is 2.06 bits per heavy atom. The lowest BCUT2D eigenvalue weighted by Crippen LogP contribution is -2.32. The number of rotatable bonds is 3. The lowest BCUT2D eigenvalue weighted by atomic mass is 9.92. The number of alkyl halides is 2. The van der Waals surface area contributed by atoms with Crippen molar-refractivity contribution in [2.45, 2.75) is 44.2 Å². The summed E-state index contributed by atoms with van der Waals surface area (Å²) in [4.78, 5) is 4.12. The molecule has 0 aliphatic heterocycles. The molecule has 0 aromatic carbocycles. The molecule has 0 bridgehead atoms. The van der Waals surface area contributed by atoms with E-state index >= 15 is 0 Å². The molecule has 1 fully saturated rings. The lowest BCUT2D eigenvalue weighted by molar-refractivity contribution is -0.0361. The molecular weight excluding hydrogens is 260 g/mol. The van der Waals surface area contributed by atoms with E-state index < -0.39 is 5.92 Å². The minimum absolute atomic E-state index is 0.0289. The van der Waals surface area contributed by atoms with Crippen molar-refractivity contribution < 1.29 is 8.78 Å². The zero-order chi connectivity index (χ0) is 13.2. The van der Waals surface area contributed by atoms with Gasteiger partial charge in [0.2, 0.25) is 5.92 Å². The van der Waals surface area contributed by atoms with Gasteiger partial charge in [-0.05, 0) is 30.5 Å². The highest BCUT2D eigenvalue weighted by atomic mass is 35.5. The largest absolute Gasteiger partial charge is 0.367 e. The van der Waals surface area contributed by atoms with Crippen molar-refractivity contribution in [1.29, 1.82) is 0 Å². The van der Waals surface area contributed by atoms with Crippen LogP contribution in [0.5, 0.6) is 0 Å². The molecule has 1 heterocycles. The third kappa shape index (κ3) is 3.53. The fourth-order valence-electron chi connectivity index (χ4n) is 2.14. The van der Waals surface area contributed by atoms with Crippen LogP contribution in [0.3, 0.4) is 0 Å². The minimum Gasteiger partial charge on any atom is -0.367 e. The maximum absolute atomic E-state index is 13.0. The van der Waals surface area contributed by atoms with Crippen molar-refractivity contribution in [2.24, 2.45) is 5.73 Å². The molecule has 1 aromatic heterocycles. The number of anilines is 1. The Hall–Kier alpha value is -0.940. The summed E-state index contributed by atoms with van der Waals surface area (Å²) in [7, 11) is 0. The number of aromatic nitrogens is 1. The van der Waals surface area contributed by atoms with E-state index in [1.165, 1.54) is 0 Å². The maximum Gasteiger partial charge on any atom is 0.248 e. The van der Waals surface area contributed by atoms with Gasteiger partial charge in [-0.15, -0.1) is 0 Å². The molecule has 0 atom stereocenters. The molecule has 0 unspecified atom stereocenters. The van der Waals surface area contributed by atoms with Crippen LogP contribution in [0.25, 0.3) is 0 Å². The number of halogens is 3. The summed E-state index contributed by atoms with van der Waals surface area (Å²) in [6.07, 6.45) is 0.738. The van der Waals surface area contributed by atoms with E-state index in [2.05, 4.69) is 10.3 Å². The first-order valence-electron chi connectivity index (χ1n) is 5.99. The van der Waals surface area contributed by atoms with Crippen LogP contribution in [-0.2, 0) is 6.54 Å². The van der Waals surface area contributed by atoms with Gasteiger partial charge in [0, 0.05) is 25.4 Å². The molecule has 3 nitrogen and oxygen atoms in total. The molecule has 1 aromatic rings. The Balaban J connectivity index is 2.00. The first-order valence-corrected chi connectivity index (χ1v) is 6.37. The Bertz CT molecular complexity index is 416. The van der Waals surface area contributed by atoms with Crippen LogP contribution in [-0.4, -0.2) is 16.9 Å². The fraction of sp³-hybridized carbons (Fsp3) is 0.583. The molecule has 100 valence electrons. The quantitative estimate of drug-likeness (QED) is 0.833. The number of hydrogen-bond acceptors (Lipinski definition) is 3. The fourth-order valence-corrected chi connectivity index (χ4v) is 2.37. The predicted octanol–water partition coefficient (Wildman–Crippen LogP) is 3.18. The van der Waals surface area contributed by atoms with E-state index in [9.17, 15) is 8.78 Å². The molecule has 1 saturated carbocycles. The van der Waals surface area contributed by atoms with Gasteiger partial charge >= 0.3 is 0 Å². The lowest BCUT2D eigenvalue weighted by Gasteiger charge is -2.29. The average Bonchev–Trinajstić information content (AvgIpc) is 2.31. The molecule has 3 N–H and O–H groups in total. The number of nitrogens with zero attached hydrogens (tertiary/aromatic N) is 1. The van der Waals surface area contributed by atoms with E-state index in [0.29, 0.717) is 30.4 Å². The highest BCUT2D eigenvalue weighted by Crippen LogP contribution is 2.34. The topological polar surface area (TPSA) is 50.9 Å². The number of pyridine rings is 1. The van der Waals surface area contributed by atoms with Crippen molar-refractivity contribution in [1.82, 2.24) is 4.98 Å². The molecule has 0 amide bonds. The van der Waals surface area contributed by atoms with Gasteiger partial charge in [0.1, 0.15) is 11.0 Å². The van der Waals surface area contributed by atoms with Crippen LogP contribution in [0.15, 0.2) is 12.1 Å². The summed E-state index contributed by atoms with van der Waals surface area (Å²) in [5, 5.41) is 3.51. The van der Waals surface area contributed by atoms with E-state index in [0.717, 1.165) is 5.56 Å². The normalized spacial score (nSPS) is 19.8. The van der Waals surface area contributed by atoms with Gasteiger partial charge in [0.05, 0.1) is 0 Å². The standard InChI is InChI=1S/C12H16ClF2N3/c13-10-5-8(7-16)6-11(18-10)17-9-1-3-12(14,15)4-2-9/h5-6,9H,1-4,7,16H2,(H,17,18). The van der Waals surface area contributed by atoms with Gasteiger partial charge in [-0.2, -0.15) is 0 Å². The molecule has 18 heavy (non-hydrogen) atoms. The minimum atomic E-state index is -2.51. The van der Waals surface area contributed by atoms with E-state index in [1.807, 2.05) is 0 Å². The predicted molar refractivity (Wildman–Crippen MR) is 68.0 cm³/mol. The van der Waals surface area contributed by atoms with Gasteiger partial charge in [0.25, 0.3) is 0 Å². The second-order valence-corrected chi connectivity index (χ2v) is 5.05. The Labute approximate surface area is 110 Å². The molecule has 6 heteroatoms. The van der Waals surface area contributed by atoms with Crippen LogP contribution in [0.1, 0.15) is 31.2 Å². The van der Waals surface area contributed by atoms with Crippen LogP contribution in [0.4, 0.5) is 14.6 Å². The summed E-state index contributed by atoms with van der Waals surface area (Å²) in [5.41, 5.74) is 6.42. The van der Waals surface area contributed by atoms with Crippen molar-refractivity contribution in [3.05, 3.63) is 22.8 Å². The van der Waals surface area contributed by atoms with Gasteiger partial charge in [0.15, 0.2) is 0 Å². The van der Waals surface area contributed by atoms with Crippen molar-refractivity contribution in [3.63, 3.8) is 0 Å². The highest BCUT2D eigenvalue weighted by molar-refractivity contribution is 6.29. The van der Waals surface area contributed by atoms with Crippen LogP contribution < -0.4 is 11.1 Å². The second-order valence-electron chi connectivity index (χ2n) is 4.66. The Morgan fingerprint density at radius 1 is 1.39 bits per heavy atom. The highest BCUT2D eigenvalue weighted by Gasteiger charge is 2.34. The van der Waals surface area contributed by atoms with Crippen molar-refractivity contribution in [2.75, 3.05) is 5.32 Å². The zero-order valence-corrected chi connectivity index (χ0v) is 10.7. The first-order chi connectivity index (χ1) is 8.48. The molecule has 1 aliphatic carbocycles. The summed E-state index contributed by atoms with van der Waals surface area (Å²) in [6, 6.07) is 3.53. The number of nitrogens with one attached hydrogen (secondary N) is 1. The molecule has 1 aliphatic rings. The monoisotopic (exact) mass is 275 g/mol. The average molecular weight is 276 g/mol. The third-order valence-corrected chi connectivity index (χ3v) is 3.35. The summed E-state index contributed by atoms with van der Waals surface area (Å²) < 4.78 is 26.0. The number of hydrogen-bond donors (Lipinski definition) is 2. The van der Waals surface area contributed by atoms with Gasteiger partial charge in [-0.1, -0.05) is 11.6 Å². The van der Waals surface area contributed by atoms with Crippen LogP contribution in [0.2, 0.25) is 5.15 Å². The van der Waals surface area contributed by atoms with E-state index in [4.69, 9.17) is 17.3 Å². The Kier molecular flexibility index (Phi) is 4.02. The molecule has 0 spiro atoms. The second kappa shape index (κ2) is 5.36. The maximum atomic E-state index is 13.0. The summed E-state index contributed by atoms with van der Waals surface area (Å²) in [5.74, 6) is -1.90. The third-order valence-electron chi connectivity index (χ3n) is 3.16. The van der Waals surface area contributed by atoms with E-state index in [1.54, 1.807) is 12.1 Å². The molecular formula is C12H16ClF2N3. The smallest absolute Gasteiger partial charge is 0.248 e. The van der Waals surface area contributed by atoms with Gasteiger partial charge in [-0.3, -0.25) is 0 Å². The van der Waals surface area contributed by atoms with Crippen LogP contribution >= 0.6 is 11.6 Å². The molecule has 0 saturated heterocycles. The molecule has 0 radical (unpaired) electrons. The van der Waals surface area contributed by atoms with Crippen LogP contribution in [0, 0.1) is 0 Å². The van der Waals surface area contributed by atoms with Gasteiger partial charge in [-0.25, -0.2) is 13.8 Å². The van der Waals surface area contributed by atoms with E-state index in [-0.39, 0.29) is 18.9 Å². The van der Waals surface area contributed by atoms with Crippen molar-refractivity contribution >= 4 is 17.4 Å². The van der Waals surface area contributed by atoms with Crippen molar-refractivity contribution in [3.8, 4) is 0 Å². The molecule has 2 rings (SSSR count). The van der Waals surface area contributed by atoms with Gasteiger partial charge < -0.3 is 11.1 Å². The summed E-state index contributed by atoms with van der Waals surface area (Å²) >= 11 is 5.87. The Morgan fingerprint density at radius 3 is 2.67 bits per heavy atom. The summed E-state index contributed by atoms with van der Waals surface area (Å²) in [6.45, 7) is 0.375. The first kappa shape index (κ1) is 13.5. The SMILES string of the molecule is NCc1cc(Cl)nc(NC2CCC(F)(F)CC2)c1. The number of nitrogens with two attached hydrogens (primary N) is 1.